The molecular weight excluding hydrogens is 433 g/mol. The summed E-state index contributed by atoms with van der Waals surface area (Å²) < 4.78 is 19.8. The molecule has 2 heterocycles. The van der Waals surface area contributed by atoms with Crippen molar-refractivity contribution in [3.05, 3.63) is 70.2 Å². The van der Waals surface area contributed by atoms with Crippen molar-refractivity contribution in [2.75, 3.05) is 11.9 Å². The van der Waals surface area contributed by atoms with Crippen molar-refractivity contribution in [3.8, 4) is 0 Å². The van der Waals surface area contributed by atoms with Crippen LogP contribution in [0, 0.1) is 12.7 Å². The number of halogens is 2. The van der Waals surface area contributed by atoms with Gasteiger partial charge in [-0.15, -0.1) is 10.2 Å². The molecule has 0 amide bonds. The molecule has 9 heteroatoms. The minimum Gasteiger partial charge on any atom is -0.453 e. The van der Waals surface area contributed by atoms with E-state index in [9.17, 15) is 9.18 Å². The van der Waals surface area contributed by atoms with Gasteiger partial charge in [-0.05, 0) is 36.8 Å². The fourth-order valence-electron chi connectivity index (χ4n) is 2.79. The molecule has 0 saturated heterocycles. The van der Waals surface area contributed by atoms with Crippen molar-refractivity contribution < 1.29 is 13.6 Å². The number of aryl methyl sites for hydroxylation is 1. The Hall–Kier alpha value is -2.42. The molecule has 0 aliphatic carbocycles. The van der Waals surface area contributed by atoms with E-state index in [1.165, 1.54) is 41.3 Å². The molecule has 4 rings (SSSR count). The summed E-state index contributed by atoms with van der Waals surface area (Å²) in [7, 11) is 0. The van der Waals surface area contributed by atoms with E-state index >= 15 is 0 Å². The maximum absolute atomic E-state index is 13.4. The maximum Gasteiger partial charge on any atom is 0.217 e. The average Bonchev–Trinajstić information content (AvgIpc) is 3.30. The van der Waals surface area contributed by atoms with Gasteiger partial charge in [0.25, 0.3) is 0 Å². The summed E-state index contributed by atoms with van der Waals surface area (Å²) in [6, 6.07) is 11.8. The van der Waals surface area contributed by atoms with Gasteiger partial charge >= 0.3 is 0 Å². The topological polar surface area (TPSA) is 68.0 Å². The first kappa shape index (κ1) is 19.9. The van der Waals surface area contributed by atoms with Gasteiger partial charge in [0.05, 0.1) is 6.54 Å². The second-order valence-corrected chi connectivity index (χ2v) is 8.83. The van der Waals surface area contributed by atoms with Crippen molar-refractivity contribution >= 4 is 56.6 Å². The minimum atomic E-state index is -0.366. The molecule has 1 N–H and O–H groups in total. The number of ketones is 1. The number of nitrogens with one attached hydrogen (secondary N) is 1. The lowest BCUT2D eigenvalue weighted by molar-refractivity contribution is 0.0981. The highest BCUT2D eigenvalue weighted by atomic mass is 35.5. The van der Waals surface area contributed by atoms with Crippen molar-refractivity contribution in [1.29, 1.82) is 0 Å². The largest absolute Gasteiger partial charge is 0.453 e. The Bertz CT molecular complexity index is 1190. The number of Topliss-reactive ketones (excluding diaryl/α,β-unsaturated/α-hetero) is 1. The van der Waals surface area contributed by atoms with Crippen molar-refractivity contribution in [2.45, 2.75) is 17.0 Å². The van der Waals surface area contributed by atoms with Gasteiger partial charge < -0.3 is 9.73 Å². The zero-order valence-corrected chi connectivity index (χ0v) is 17.6. The number of carbonyl (C=O) groups is 1. The molecule has 4 aromatic rings. The quantitative estimate of drug-likeness (QED) is 0.278. The third kappa shape index (κ3) is 4.44. The maximum atomic E-state index is 13.4. The fraction of sp³-hybridized carbons (Fsp3) is 0.150. The summed E-state index contributed by atoms with van der Waals surface area (Å²) in [6.07, 6.45) is 0. The van der Waals surface area contributed by atoms with Crippen LogP contribution in [0.1, 0.15) is 21.7 Å². The van der Waals surface area contributed by atoms with E-state index in [4.69, 9.17) is 16.0 Å². The Morgan fingerprint density at radius 1 is 1.28 bits per heavy atom. The van der Waals surface area contributed by atoms with E-state index in [2.05, 4.69) is 15.5 Å². The van der Waals surface area contributed by atoms with Gasteiger partial charge in [0.15, 0.2) is 10.1 Å². The standard InChI is InChI=1S/C20H15ClFN3O2S2/c1-11-14-8-13(22)6-7-17(14)27-18(11)16(26)9-23-19-24-25-20(29-19)28-10-12-4-2-3-5-15(12)21/h2-8H,9-10H2,1H3,(H,23,24). The average molecular weight is 448 g/mol. The summed E-state index contributed by atoms with van der Waals surface area (Å²) in [6.45, 7) is 1.75. The van der Waals surface area contributed by atoms with Gasteiger partial charge in [-0.25, -0.2) is 4.39 Å². The zero-order valence-electron chi connectivity index (χ0n) is 15.2. The van der Waals surface area contributed by atoms with Crippen LogP contribution < -0.4 is 5.32 Å². The number of anilines is 1. The molecule has 0 radical (unpaired) electrons. The fourth-order valence-corrected chi connectivity index (χ4v) is 4.82. The third-order valence-electron chi connectivity index (χ3n) is 4.27. The highest BCUT2D eigenvalue weighted by Gasteiger charge is 2.18. The number of thioether (sulfide) groups is 1. The summed E-state index contributed by atoms with van der Waals surface area (Å²) in [5.74, 6) is 0.298. The lowest BCUT2D eigenvalue weighted by Gasteiger charge is -2.01. The lowest BCUT2D eigenvalue weighted by Crippen LogP contribution is -2.14. The zero-order chi connectivity index (χ0) is 20.4. The first-order valence-electron chi connectivity index (χ1n) is 8.66. The van der Waals surface area contributed by atoms with E-state index in [1.807, 2.05) is 24.3 Å². The molecular formula is C20H15ClFN3O2S2. The van der Waals surface area contributed by atoms with E-state index < -0.39 is 0 Å². The lowest BCUT2D eigenvalue weighted by atomic mass is 10.1. The van der Waals surface area contributed by atoms with Crippen LogP contribution in [0.15, 0.2) is 51.2 Å². The van der Waals surface area contributed by atoms with Crippen LogP contribution in [0.3, 0.4) is 0 Å². The van der Waals surface area contributed by atoms with Gasteiger partial charge in [-0.1, -0.05) is 52.9 Å². The highest BCUT2D eigenvalue weighted by Crippen LogP contribution is 2.31. The SMILES string of the molecule is Cc1c(C(=O)CNc2nnc(SCc3ccccc3Cl)s2)oc2ccc(F)cc12. The molecule has 0 spiro atoms. The summed E-state index contributed by atoms with van der Waals surface area (Å²) >= 11 is 9.05. The predicted molar refractivity (Wildman–Crippen MR) is 115 cm³/mol. The van der Waals surface area contributed by atoms with Crippen LogP contribution in [-0.4, -0.2) is 22.5 Å². The molecule has 148 valence electrons. The Kier molecular flexibility index (Phi) is 5.84. The third-order valence-corrected chi connectivity index (χ3v) is 6.70. The van der Waals surface area contributed by atoms with Crippen molar-refractivity contribution in [1.82, 2.24) is 10.2 Å². The molecule has 5 nitrogen and oxygen atoms in total. The van der Waals surface area contributed by atoms with E-state index in [1.54, 1.807) is 6.92 Å². The summed E-state index contributed by atoms with van der Waals surface area (Å²) in [5.41, 5.74) is 2.14. The molecule has 0 aliphatic rings. The molecule has 0 unspecified atom stereocenters. The molecule has 0 saturated carbocycles. The minimum absolute atomic E-state index is 0.00690. The summed E-state index contributed by atoms with van der Waals surface area (Å²) in [4.78, 5) is 12.5. The molecule has 0 aliphatic heterocycles. The Morgan fingerprint density at radius 2 is 2.10 bits per heavy atom. The van der Waals surface area contributed by atoms with Crippen LogP contribution >= 0.6 is 34.7 Å². The Morgan fingerprint density at radius 3 is 2.93 bits per heavy atom. The Labute approximate surface area is 179 Å². The number of benzene rings is 2. The van der Waals surface area contributed by atoms with Gasteiger partial charge in [-0.3, -0.25) is 4.79 Å². The Balaban J connectivity index is 1.38. The van der Waals surface area contributed by atoms with E-state index in [-0.39, 0.29) is 23.9 Å². The second-order valence-electron chi connectivity index (χ2n) is 6.23. The van der Waals surface area contributed by atoms with Gasteiger partial charge in [0.2, 0.25) is 10.9 Å². The normalized spacial score (nSPS) is 11.1. The van der Waals surface area contributed by atoms with Crippen LogP contribution in [-0.2, 0) is 5.75 Å². The smallest absolute Gasteiger partial charge is 0.217 e. The van der Waals surface area contributed by atoms with Gasteiger partial charge in [0.1, 0.15) is 11.4 Å². The van der Waals surface area contributed by atoms with Crippen LogP contribution in [0.4, 0.5) is 9.52 Å². The van der Waals surface area contributed by atoms with E-state index in [0.29, 0.717) is 27.4 Å². The second kappa shape index (κ2) is 8.52. The number of furan rings is 1. The number of aromatic nitrogens is 2. The number of rotatable bonds is 7. The van der Waals surface area contributed by atoms with Gasteiger partial charge in [0, 0.05) is 21.7 Å². The number of hydrogen-bond donors (Lipinski definition) is 1. The van der Waals surface area contributed by atoms with E-state index in [0.717, 1.165) is 14.9 Å². The highest BCUT2D eigenvalue weighted by molar-refractivity contribution is 8.00. The van der Waals surface area contributed by atoms with Crippen molar-refractivity contribution in [2.24, 2.45) is 0 Å². The molecule has 29 heavy (non-hydrogen) atoms. The van der Waals surface area contributed by atoms with Crippen molar-refractivity contribution in [3.63, 3.8) is 0 Å². The van der Waals surface area contributed by atoms with Gasteiger partial charge in [-0.2, -0.15) is 0 Å². The van der Waals surface area contributed by atoms with Crippen LogP contribution in [0.5, 0.6) is 0 Å². The predicted octanol–water partition coefficient (Wildman–Crippen LogP) is 5.97. The monoisotopic (exact) mass is 447 g/mol. The molecule has 2 aromatic heterocycles. The molecule has 2 aromatic carbocycles. The van der Waals surface area contributed by atoms with Crippen LogP contribution in [0.25, 0.3) is 11.0 Å². The molecule has 0 bridgehead atoms. The number of nitrogens with zero attached hydrogens (tertiary/aromatic N) is 2. The number of carbonyl (C=O) groups excluding carboxylic acids is 1. The molecule has 0 fully saturated rings. The first-order chi connectivity index (χ1) is 14.0. The summed E-state index contributed by atoms with van der Waals surface area (Å²) in [5, 5.41) is 13.0. The first-order valence-corrected chi connectivity index (χ1v) is 10.8. The number of hydrogen-bond acceptors (Lipinski definition) is 7. The number of fused-ring (bicyclic) bond motifs is 1. The van der Waals surface area contributed by atoms with Crippen LogP contribution in [0.2, 0.25) is 5.02 Å². The molecule has 0 atom stereocenters.